The predicted molar refractivity (Wildman–Crippen MR) is 78.5 cm³/mol. The molecule has 0 spiro atoms. The van der Waals surface area contributed by atoms with Crippen molar-refractivity contribution in [2.45, 2.75) is 30.7 Å². The van der Waals surface area contributed by atoms with Gasteiger partial charge in [-0.1, -0.05) is 36.4 Å². The SMILES string of the molecule is CN(CC[C@H](O)C1CC=CS1)Cc1ccccc1. The molecule has 2 atom stereocenters. The molecule has 3 heteroatoms. The van der Waals surface area contributed by atoms with Gasteiger partial charge in [-0.25, -0.2) is 0 Å². The summed E-state index contributed by atoms with van der Waals surface area (Å²) < 4.78 is 0. The number of allylic oxidation sites excluding steroid dienone is 1. The van der Waals surface area contributed by atoms with Crippen molar-refractivity contribution in [1.82, 2.24) is 4.90 Å². The minimum absolute atomic E-state index is 0.191. The van der Waals surface area contributed by atoms with Crippen molar-refractivity contribution in [2.24, 2.45) is 0 Å². The Labute approximate surface area is 114 Å². The first-order chi connectivity index (χ1) is 8.75. The lowest BCUT2D eigenvalue weighted by Crippen LogP contribution is -2.28. The Morgan fingerprint density at radius 3 is 2.83 bits per heavy atom. The summed E-state index contributed by atoms with van der Waals surface area (Å²) in [5, 5.41) is 12.5. The van der Waals surface area contributed by atoms with Crippen LogP contribution in [0.5, 0.6) is 0 Å². The van der Waals surface area contributed by atoms with E-state index in [4.69, 9.17) is 0 Å². The fourth-order valence-corrected chi connectivity index (χ4v) is 3.13. The average molecular weight is 263 g/mol. The zero-order valence-electron chi connectivity index (χ0n) is 10.8. The number of aliphatic hydroxyl groups is 1. The summed E-state index contributed by atoms with van der Waals surface area (Å²) in [5.74, 6) is 0. The quantitative estimate of drug-likeness (QED) is 0.853. The van der Waals surface area contributed by atoms with Crippen LogP contribution in [0.3, 0.4) is 0 Å². The first-order valence-electron chi connectivity index (χ1n) is 6.46. The summed E-state index contributed by atoms with van der Waals surface area (Å²) in [7, 11) is 2.11. The van der Waals surface area contributed by atoms with Crippen LogP contribution in [0.25, 0.3) is 0 Å². The van der Waals surface area contributed by atoms with E-state index in [1.165, 1.54) is 5.56 Å². The molecule has 0 saturated heterocycles. The summed E-state index contributed by atoms with van der Waals surface area (Å²) in [5.41, 5.74) is 1.33. The third-order valence-corrected chi connectivity index (χ3v) is 4.45. The number of thioether (sulfide) groups is 1. The van der Waals surface area contributed by atoms with E-state index >= 15 is 0 Å². The molecular weight excluding hydrogens is 242 g/mol. The molecule has 0 bridgehead atoms. The van der Waals surface area contributed by atoms with E-state index < -0.39 is 0 Å². The van der Waals surface area contributed by atoms with Crippen LogP contribution in [0.1, 0.15) is 18.4 Å². The molecular formula is C15H21NOS. The molecule has 1 aromatic carbocycles. The minimum Gasteiger partial charge on any atom is -0.392 e. The van der Waals surface area contributed by atoms with E-state index in [1.807, 2.05) is 6.07 Å². The fraction of sp³-hybridized carbons (Fsp3) is 0.467. The van der Waals surface area contributed by atoms with Gasteiger partial charge in [0.05, 0.1) is 6.10 Å². The number of benzene rings is 1. The Kier molecular flexibility index (Phi) is 5.29. The van der Waals surface area contributed by atoms with Crippen LogP contribution in [0, 0.1) is 0 Å². The maximum absolute atomic E-state index is 10.1. The van der Waals surface area contributed by atoms with Gasteiger partial charge in [-0.2, -0.15) is 0 Å². The molecule has 1 aliphatic rings. The van der Waals surface area contributed by atoms with Gasteiger partial charge in [-0.05, 0) is 30.9 Å². The highest BCUT2D eigenvalue weighted by molar-refractivity contribution is 8.03. The summed E-state index contributed by atoms with van der Waals surface area (Å²) in [6.45, 7) is 1.89. The first-order valence-corrected chi connectivity index (χ1v) is 7.41. The molecule has 0 fully saturated rings. The molecule has 0 amide bonds. The zero-order valence-corrected chi connectivity index (χ0v) is 11.6. The van der Waals surface area contributed by atoms with Crippen LogP contribution < -0.4 is 0 Å². The third kappa shape index (κ3) is 4.16. The zero-order chi connectivity index (χ0) is 12.8. The summed E-state index contributed by atoms with van der Waals surface area (Å²) in [4.78, 5) is 2.27. The van der Waals surface area contributed by atoms with Gasteiger partial charge in [-0.3, -0.25) is 0 Å². The maximum atomic E-state index is 10.1. The third-order valence-electron chi connectivity index (χ3n) is 3.25. The average Bonchev–Trinajstić information content (AvgIpc) is 2.91. The van der Waals surface area contributed by atoms with Crippen molar-refractivity contribution in [3.8, 4) is 0 Å². The largest absolute Gasteiger partial charge is 0.392 e. The van der Waals surface area contributed by atoms with Crippen LogP contribution in [0.15, 0.2) is 41.8 Å². The summed E-state index contributed by atoms with van der Waals surface area (Å²) in [6.07, 6.45) is 3.81. The molecule has 0 aliphatic carbocycles. The Hall–Kier alpha value is -0.770. The van der Waals surface area contributed by atoms with E-state index in [0.717, 1.165) is 25.9 Å². The van der Waals surface area contributed by atoms with Gasteiger partial charge in [0.2, 0.25) is 0 Å². The van der Waals surface area contributed by atoms with Gasteiger partial charge >= 0.3 is 0 Å². The molecule has 0 saturated carbocycles. The van der Waals surface area contributed by atoms with Gasteiger partial charge in [0.25, 0.3) is 0 Å². The van der Waals surface area contributed by atoms with Crippen molar-refractivity contribution in [3.05, 3.63) is 47.4 Å². The van der Waals surface area contributed by atoms with Crippen LogP contribution in [0.2, 0.25) is 0 Å². The molecule has 0 radical (unpaired) electrons. The highest BCUT2D eigenvalue weighted by Gasteiger charge is 2.20. The molecule has 1 N–H and O–H groups in total. The lowest BCUT2D eigenvalue weighted by atomic mass is 10.1. The second-order valence-corrected chi connectivity index (χ2v) is 6.01. The van der Waals surface area contributed by atoms with E-state index in [0.29, 0.717) is 5.25 Å². The van der Waals surface area contributed by atoms with E-state index in [2.05, 4.69) is 47.7 Å². The second-order valence-electron chi connectivity index (χ2n) is 4.86. The van der Waals surface area contributed by atoms with Gasteiger partial charge in [0.1, 0.15) is 0 Å². The Balaban J connectivity index is 1.69. The van der Waals surface area contributed by atoms with Gasteiger partial charge < -0.3 is 10.0 Å². The number of hydrogen-bond acceptors (Lipinski definition) is 3. The van der Waals surface area contributed by atoms with Crippen molar-refractivity contribution in [3.63, 3.8) is 0 Å². The molecule has 2 nitrogen and oxygen atoms in total. The Morgan fingerprint density at radius 2 is 2.17 bits per heavy atom. The maximum Gasteiger partial charge on any atom is 0.0677 e. The van der Waals surface area contributed by atoms with Crippen molar-refractivity contribution >= 4 is 11.8 Å². The predicted octanol–water partition coefficient (Wildman–Crippen LogP) is 2.89. The topological polar surface area (TPSA) is 23.5 Å². The van der Waals surface area contributed by atoms with Crippen molar-refractivity contribution in [1.29, 1.82) is 0 Å². The highest BCUT2D eigenvalue weighted by Crippen LogP contribution is 2.28. The molecule has 1 aliphatic heterocycles. The normalized spacial score (nSPS) is 20.5. The lowest BCUT2D eigenvalue weighted by molar-refractivity contribution is 0.144. The van der Waals surface area contributed by atoms with Gasteiger partial charge in [-0.15, -0.1) is 11.8 Å². The highest BCUT2D eigenvalue weighted by atomic mass is 32.2. The molecule has 1 aromatic rings. The van der Waals surface area contributed by atoms with Gasteiger partial charge in [0.15, 0.2) is 0 Å². The Bertz CT molecular complexity index is 371. The van der Waals surface area contributed by atoms with E-state index in [1.54, 1.807) is 11.8 Å². The molecule has 2 rings (SSSR count). The molecule has 98 valence electrons. The smallest absolute Gasteiger partial charge is 0.0677 e. The van der Waals surface area contributed by atoms with E-state index in [-0.39, 0.29) is 6.10 Å². The molecule has 18 heavy (non-hydrogen) atoms. The van der Waals surface area contributed by atoms with Crippen LogP contribution in [-0.2, 0) is 6.54 Å². The standard InChI is InChI=1S/C15H21NOS/c1-16(12-13-6-3-2-4-7-13)10-9-14(17)15-8-5-11-18-15/h2-7,11,14-15,17H,8-10,12H2,1H3/t14-,15?/m0/s1. The molecule has 1 heterocycles. The molecule has 0 aromatic heterocycles. The van der Waals surface area contributed by atoms with Crippen molar-refractivity contribution in [2.75, 3.05) is 13.6 Å². The van der Waals surface area contributed by atoms with Gasteiger partial charge in [0, 0.05) is 18.3 Å². The van der Waals surface area contributed by atoms with E-state index in [9.17, 15) is 5.11 Å². The van der Waals surface area contributed by atoms with Crippen LogP contribution in [-0.4, -0.2) is 35.0 Å². The Morgan fingerprint density at radius 1 is 1.39 bits per heavy atom. The lowest BCUT2D eigenvalue weighted by Gasteiger charge is -2.21. The number of nitrogens with zero attached hydrogens (tertiary/aromatic N) is 1. The van der Waals surface area contributed by atoms with Crippen LogP contribution in [0.4, 0.5) is 0 Å². The van der Waals surface area contributed by atoms with Crippen LogP contribution >= 0.6 is 11.8 Å². The summed E-state index contributed by atoms with van der Waals surface area (Å²) >= 11 is 1.76. The number of hydrogen-bond donors (Lipinski definition) is 1. The monoisotopic (exact) mass is 263 g/mol. The first kappa shape index (κ1) is 13.7. The van der Waals surface area contributed by atoms with Crippen molar-refractivity contribution < 1.29 is 5.11 Å². The molecule has 1 unspecified atom stereocenters. The summed E-state index contributed by atoms with van der Waals surface area (Å²) in [6, 6.07) is 10.5. The number of aliphatic hydroxyl groups excluding tert-OH is 1. The number of rotatable bonds is 6. The minimum atomic E-state index is -0.191. The fourth-order valence-electron chi connectivity index (χ4n) is 2.16. The second kappa shape index (κ2) is 6.98.